The number of nitrogens with zero attached hydrogens (tertiary/aromatic N) is 4. The van der Waals surface area contributed by atoms with Crippen LogP contribution in [-0.4, -0.2) is 51.8 Å². The van der Waals surface area contributed by atoms with Gasteiger partial charge in [-0.25, -0.2) is 9.07 Å². The summed E-state index contributed by atoms with van der Waals surface area (Å²) in [6.45, 7) is 1.79. The van der Waals surface area contributed by atoms with Gasteiger partial charge in [0.05, 0.1) is 29.5 Å². The monoisotopic (exact) mass is 396 g/mol. The number of morpholine rings is 1. The second-order valence-corrected chi connectivity index (χ2v) is 6.52. The molecule has 0 aliphatic carbocycles. The van der Waals surface area contributed by atoms with Crippen LogP contribution < -0.4 is 0 Å². The number of halogens is 1. The number of hydrogen-bond acceptors (Lipinski definition) is 5. The Kier molecular flexibility index (Phi) is 5.05. The van der Waals surface area contributed by atoms with E-state index in [0.717, 1.165) is 0 Å². The smallest absolute Gasteiger partial charge is 0.272 e. The summed E-state index contributed by atoms with van der Waals surface area (Å²) >= 11 is 0. The minimum absolute atomic E-state index is 0.105. The van der Waals surface area contributed by atoms with Crippen LogP contribution in [0.1, 0.15) is 10.5 Å². The summed E-state index contributed by atoms with van der Waals surface area (Å²) in [5, 5.41) is 15.7. The molecule has 1 aliphatic rings. The normalized spacial score (nSPS) is 14.0. The molecule has 0 atom stereocenters. The van der Waals surface area contributed by atoms with E-state index in [-0.39, 0.29) is 23.1 Å². The third-order valence-electron chi connectivity index (χ3n) is 4.65. The zero-order valence-corrected chi connectivity index (χ0v) is 15.3. The number of carbonyl (C=O) groups excluding carboxylic acids is 1. The first-order valence-corrected chi connectivity index (χ1v) is 9.01. The Balaban J connectivity index is 1.81. The molecule has 1 fully saturated rings. The number of nitro benzene ring substituents is 1. The van der Waals surface area contributed by atoms with Crippen molar-refractivity contribution in [1.29, 1.82) is 0 Å². The highest BCUT2D eigenvalue weighted by Crippen LogP contribution is 2.25. The summed E-state index contributed by atoms with van der Waals surface area (Å²) in [7, 11) is 0. The molecule has 9 heteroatoms. The standard InChI is InChI=1S/C20H17FN4O4/c21-15-6-4-14(5-7-15)18-13-19(20(26)23-8-10-29-11-9-23)24(22-18)16-2-1-3-17(12-16)25(27)28/h1-7,12-13H,8-11H2. The van der Waals surface area contributed by atoms with Crippen molar-refractivity contribution in [3.05, 3.63) is 76.2 Å². The Morgan fingerprint density at radius 1 is 1.10 bits per heavy atom. The van der Waals surface area contributed by atoms with Gasteiger partial charge in [-0.1, -0.05) is 6.07 Å². The van der Waals surface area contributed by atoms with E-state index < -0.39 is 4.92 Å². The second kappa shape index (κ2) is 7.80. The number of aromatic nitrogens is 2. The average Bonchev–Trinajstić information content (AvgIpc) is 3.20. The molecule has 0 saturated carbocycles. The van der Waals surface area contributed by atoms with E-state index >= 15 is 0 Å². The lowest BCUT2D eigenvalue weighted by Gasteiger charge is -2.26. The fourth-order valence-electron chi connectivity index (χ4n) is 3.16. The lowest BCUT2D eigenvalue weighted by Crippen LogP contribution is -2.41. The summed E-state index contributed by atoms with van der Waals surface area (Å²) in [6, 6.07) is 13.3. The molecular weight excluding hydrogens is 379 g/mol. The summed E-state index contributed by atoms with van der Waals surface area (Å²) in [4.78, 5) is 25.4. The van der Waals surface area contributed by atoms with Gasteiger partial charge in [0.2, 0.25) is 0 Å². The second-order valence-electron chi connectivity index (χ2n) is 6.52. The van der Waals surface area contributed by atoms with Gasteiger partial charge in [0.25, 0.3) is 11.6 Å². The third kappa shape index (κ3) is 3.85. The minimum atomic E-state index is -0.503. The number of hydrogen-bond donors (Lipinski definition) is 0. The predicted molar refractivity (Wildman–Crippen MR) is 102 cm³/mol. The van der Waals surface area contributed by atoms with Crippen molar-refractivity contribution in [3.63, 3.8) is 0 Å². The van der Waals surface area contributed by atoms with Crippen LogP contribution in [0.3, 0.4) is 0 Å². The number of amides is 1. The van der Waals surface area contributed by atoms with Gasteiger partial charge < -0.3 is 9.64 Å². The van der Waals surface area contributed by atoms with E-state index in [2.05, 4.69) is 5.10 Å². The zero-order chi connectivity index (χ0) is 20.4. The molecule has 1 aromatic heterocycles. The molecule has 29 heavy (non-hydrogen) atoms. The molecule has 0 spiro atoms. The summed E-state index contributed by atoms with van der Waals surface area (Å²) < 4.78 is 20.0. The molecule has 0 unspecified atom stereocenters. The van der Waals surface area contributed by atoms with Gasteiger partial charge in [0, 0.05) is 30.8 Å². The Hall–Kier alpha value is -3.59. The lowest BCUT2D eigenvalue weighted by molar-refractivity contribution is -0.384. The van der Waals surface area contributed by atoms with E-state index in [1.807, 2.05) is 0 Å². The SMILES string of the molecule is O=C(c1cc(-c2ccc(F)cc2)nn1-c1cccc([N+](=O)[O-])c1)N1CCOCC1. The minimum Gasteiger partial charge on any atom is -0.378 e. The maximum atomic E-state index is 13.3. The molecule has 1 amide bonds. The molecule has 148 valence electrons. The Morgan fingerprint density at radius 3 is 2.52 bits per heavy atom. The first kappa shape index (κ1) is 18.8. The quantitative estimate of drug-likeness (QED) is 0.499. The van der Waals surface area contributed by atoms with Gasteiger partial charge >= 0.3 is 0 Å². The van der Waals surface area contributed by atoms with Crippen LogP contribution >= 0.6 is 0 Å². The van der Waals surface area contributed by atoms with Gasteiger partial charge in [-0.3, -0.25) is 14.9 Å². The predicted octanol–water partition coefficient (Wildman–Crippen LogP) is 3.06. The van der Waals surface area contributed by atoms with Gasteiger partial charge in [-0.15, -0.1) is 0 Å². The van der Waals surface area contributed by atoms with E-state index in [1.165, 1.54) is 35.0 Å². The largest absolute Gasteiger partial charge is 0.378 e. The van der Waals surface area contributed by atoms with Crippen LogP contribution in [0.4, 0.5) is 10.1 Å². The van der Waals surface area contributed by atoms with Crippen molar-refractivity contribution < 1.29 is 18.8 Å². The lowest BCUT2D eigenvalue weighted by atomic mass is 10.1. The van der Waals surface area contributed by atoms with E-state index in [1.54, 1.807) is 29.2 Å². The van der Waals surface area contributed by atoms with Crippen molar-refractivity contribution in [3.8, 4) is 16.9 Å². The summed E-state index contributed by atoms with van der Waals surface area (Å²) in [5.41, 5.74) is 1.65. The summed E-state index contributed by atoms with van der Waals surface area (Å²) in [5.74, 6) is -0.628. The summed E-state index contributed by atoms with van der Waals surface area (Å²) in [6.07, 6.45) is 0. The number of benzene rings is 2. The van der Waals surface area contributed by atoms with Crippen LogP contribution in [0.25, 0.3) is 16.9 Å². The van der Waals surface area contributed by atoms with E-state index in [0.29, 0.717) is 43.2 Å². The fraction of sp³-hybridized carbons (Fsp3) is 0.200. The van der Waals surface area contributed by atoms with E-state index in [4.69, 9.17) is 4.74 Å². The fourth-order valence-corrected chi connectivity index (χ4v) is 3.16. The topological polar surface area (TPSA) is 90.5 Å². The third-order valence-corrected chi connectivity index (χ3v) is 4.65. The Bertz CT molecular complexity index is 1060. The van der Waals surface area contributed by atoms with Crippen LogP contribution in [0.2, 0.25) is 0 Å². The van der Waals surface area contributed by atoms with Crippen molar-refractivity contribution in [2.24, 2.45) is 0 Å². The molecule has 1 aliphatic heterocycles. The van der Waals surface area contributed by atoms with Crippen LogP contribution in [0, 0.1) is 15.9 Å². The van der Waals surface area contributed by atoms with Gasteiger partial charge in [-0.05, 0) is 36.4 Å². The highest BCUT2D eigenvalue weighted by atomic mass is 19.1. The van der Waals surface area contributed by atoms with Crippen molar-refractivity contribution in [2.45, 2.75) is 0 Å². The Morgan fingerprint density at radius 2 is 1.83 bits per heavy atom. The molecule has 0 bridgehead atoms. The highest BCUT2D eigenvalue weighted by Gasteiger charge is 2.25. The first-order valence-electron chi connectivity index (χ1n) is 9.01. The number of carbonyl (C=O) groups is 1. The molecule has 3 aromatic rings. The van der Waals surface area contributed by atoms with Crippen molar-refractivity contribution >= 4 is 11.6 Å². The molecular formula is C20H17FN4O4. The van der Waals surface area contributed by atoms with Crippen LogP contribution in [0.5, 0.6) is 0 Å². The number of ether oxygens (including phenoxy) is 1. The number of non-ortho nitro benzene ring substituents is 1. The highest BCUT2D eigenvalue weighted by molar-refractivity contribution is 5.94. The number of rotatable bonds is 4. The maximum absolute atomic E-state index is 13.3. The van der Waals surface area contributed by atoms with Crippen molar-refractivity contribution in [2.75, 3.05) is 26.3 Å². The van der Waals surface area contributed by atoms with E-state index in [9.17, 15) is 19.3 Å². The Labute approximate surface area is 165 Å². The molecule has 1 saturated heterocycles. The molecule has 0 N–H and O–H groups in total. The molecule has 2 aromatic carbocycles. The average molecular weight is 396 g/mol. The zero-order valence-electron chi connectivity index (χ0n) is 15.3. The number of nitro groups is 1. The van der Waals surface area contributed by atoms with Crippen molar-refractivity contribution in [1.82, 2.24) is 14.7 Å². The first-order chi connectivity index (χ1) is 14.0. The van der Waals surface area contributed by atoms with Gasteiger partial charge in [0.15, 0.2) is 0 Å². The van der Waals surface area contributed by atoms with Crippen LogP contribution in [-0.2, 0) is 4.74 Å². The van der Waals surface area contributed by atoms with Gasteiger partial charge in [-0.2, -0.15) is 5.10 Å². The molecule has 0 radical (unpaired) electrons. The molecule has 4 rings (SSSR count). The molecule has 2 heterocycles. The maximum Gasteiger partial charge on any atom is 0.272 e. The van der Waals surface area contributed by atoms with Crippen LogP contribution in [0.15, 0.2) is 54.6 Å². The van der Waals surface area contributed by atoms with Gasteiger partial charge in [0.1, 0.15) is 11.5 Å². The molecule has 8 nitrogen and oxygen atoms in total.